The average molecular weight is 582 g/mol. The number of hydrogen-bond donors (Lipinski definition) is 1. The lowest BCUT2D eigenvalue weighted by molar-refractivity contribution is 0.0620. The van der Waals surface area contributed by atoms with Gasteiger partial charge < -0.3 is 19.5 Å². The first kappa shape index (κ1) is 30.5. The molecule has 3 aromatic rings. The van der Waals surface area contributed by atoms with Gasteiger partial charge in [-0.25, -0.2) is 13.2 Å². The van der Waals surface area contributed by atoms with E-state index in [0.717, 1.165) is 36.8 Å². The summed E-state index contributed by atoms with van der Waals surface area (Å²) in [6, 6.07) is 19.5. The monoisotopic (exact) mass is 581 g/mol. The van der Waals surface area contributed by atoms with Crippen LogP contribution in [0.4, 0.5) is 4.79 Å². The van der Waals surface area contributed by atoms with Gasteiger partial charge in [0.1, 0.15) is 12.4 Å². The average Bonchev–Trinajstić information content (AvgIpc) is 3.52. The van der Waals surface area contributed by atoms with E-state index in [1.807, 2.05) is 30.3 Å². The molecule has 220 valence electrons. The molecular weight excluding hydrogens is 542 g/mol. The number of aliphatic hydroxyl groups is 1. The van der Waals surface area contributed by atoms with Gasteiger partial charge in [-0.05, 0) is 72.7 Å². The van der Waals surface area contributed by atoms with Crippen LogP contribution < -0.4 is 4.74 Å². The summed E-state index contributed by atoms with van der Waals surface area (Å²) in [5.74, 6) is 0.792. The van der Waals surface area contributed by atoms with Crippen molar-refractivity contribution in [3.05, 3.63) is 90.3 Å². The molecule has 1 amide bonds. The molecule has 4 rings (SSSR count). The van der Waals surface area contributed by atoms with Gasteiger partial charge in [0.25, 0.3) is 0 Å². The molecule has 1 aliphatic rings. The van der Waals surface area contributed by atoms with Crippen molar-refractivity contribution in [3.8, 4) is 5.75 Å². The van der Waals surface area contributed by atoms with Crippen LogP contribution in [0.5, 0.6) is 5.75 Å². The van der Waals surface area contributed by atoms with Crippen molar-refractivity contribution in [2.24, 2.45) is 5.92 Å². The number of pyridine rings is 1. The number of nitrogens with zero attached hydrogens (tertiary/aromatic N) is 3. The Morgan fingerprint density at radius 1 is 0.976 bits per heavy atom. The van der Waals surface area contributed by atoms with E-state index in [9.17, 15) is 18.3 Å². The summed E-state index contributed by atoms with van der Waals surface area (Å²) in [5, 5.41) is 11.2. The third-order valence-corrected chi connectivity index (χ3v) is 9.21. The Morgan fingerprint density at radius 2 is 1.66 bits per heavy atom. The van der Waals surface area contributed by atoms with Crippen LogP contribution in [0, 0.1) is 5.92 Å². The highest BCUT2D eigenvalue weighted by atomic mass is 32.2. The zero-order chi connectivity index (χ0) is 29.1. The Bertz CT molecular complexity index is 1320. The maximum atomic E-state index is 13.7. The summed E-state index contributed by atoms with van der Waals surface area (Å²) < 4.78 is 39.5. The van der Waals surface area contributed by atoms with Crippen molar-refractivity contribution < 1.29 is 27.8 Å². The van der Waals surface area contributed by atoms with Gasteiger partial charge in [-0.1, -0.05) is 43.2 Å². The number of rotatable bonds is 14. The molecule has 9 nitrogen and oxygen atoms in total. The largest absolute Gasteiger partial charge is 0.497 e. The summed E-state index contributed by atoms with van der Waals surface area (Å²) in [4.78, 5) is 18.7. The van der Waals surface area contributed by atoms with Crippen LogP contribution in [0.15, 0.2) is 84.0 Å². The van der Waals surface area contributed by atoms with Crippen LogP contribution in [0.25, 0.3) is 0 Å². The molecule has 0 bridgehead atoms. The molecule has 1 aromatic heterocycles. The number of aromatic nitrogens is 1. The number of ether oxygens (including phenoxy) is 2. The van der Waals surface area contributed by atoms with Crippen molar-refractivity contribution in [1.29, 1.82) is 0 Å². The van der Waals surface area contributed by atoms with Crippen molar-refractivity contribution >= 4 is 16.1 Å². The SMILES string of the molecule is COc1ccc(S(=O)(=O)N(CC2CCCC2)C[C@@H](O)CN(CCc2ccccc2)C(=O)OCc2ccncc2)cc1. The molecule has 1 fully saturated rings. The predicted molar refractivity (Wildman–Crippen MR) is 156 cm³/mol. The fourth-order valence-corrected chi connectivity index (χ4v) is 6.63. The summed E-state index contributed by atoms with van der Waals surface area (Å²) in [6.45, 7) is 0.497. The van der Waals surface area contributed by atoms with Gasteiger partial charge in [0, 0.05) is 32.0 Å². The standard InChI is InChI=1S/C31H39N3O6S/c1-39-29-11-13-30(14-12-29)41(37,38)34(21-26-9-5-6-10-26)23-28(35)22-33(20-17-25-7-3-2-4-8-25)31(36)40-24-27-15-18-32-19-16-27/h2-4,7-8,11-16,18-19,26,28,35H,5-6,9-10,17,20-24H2,1H3/t28-/m0/s1. The number of sulfonamides is 1. The first-order valence-electron chi connectivity index (χ1n) is 14.0. The number of aliphatic hydroxyl groups excluding tert-OH is 1. The minimum absolute atomic E-state index is 0.0681. The molecular formula is C31H39N3O6S. The van der Waals surface area contributed by atoms with E-state index in [4.69, 9.17) is 9.47 Å². The van der Waals surface area contributed by atoms with E-state index in [-0.39, 0.29) is 30.5 Å². The van der Waals surface area contributed by atoms with E-state index in [1.165, 1.54) is 28.4 Å². The Kier molecular flexibility index (Phi) is 11.1. The van der Waals surface area contributed by atoms with Crippen LogP contribution in [0.2, 0.25) is 0 Å². The number of methoxy groups -OCH3 is 1. The smallest absolute Gasteiger partial charge is 0.410 e. The highest BCUT2D eigenvalue weighted by Gasteiger charge is 2.31. The molecule has 41 heavy (non-hydrogen) atoms. The number of carbonyl (C=O) groups excluding carboxylic acids is 1. The van der Waals surface area contributed by atoms with E-state index in [1.54, 1.807) is 36.7 Å². The maximum Gasteiger partial charge on any atom is 0.410 e. The van der Waals surface area contributed by atoms with E-state index >= 15 is 0 Å². The third kappa shape index (κ3) is 9.01. The molecule has 1 aliphatic carbocycles. The molecule has 0 radical (unpaired) electrons. The Labute approximate surface area is 242 Å². The van der Waals surface area contributed by atoms with Gasteiger partial charge in [0.15, 0.2) is 0 Å². The minimum Gasteiger partial charge on any atom is -0.497 e. The lowest BCUT2D eigenvalue weighted by Gasteiger charge is -2.30. The van der Waals surface area contributed by atoms with Gasteiger partial charge >= 0.3 is 6.09 Å². The molecule has 0 unspecified atom stereocenters. The summed E-state index contributed by atoms with van der Waals surface area (Å²) in [7, 11) is -2.36. The van der Waals surface area contributed by atoms with E-state index in [0.29, 0.717) is 25.3 Å². The second-order valence-electron chi connectivity index (χ2n) is 10.4. The van der Waals surface area contributed by atoms with Crippen LogP contribution in [-0.4, -0.2) is 73.2 Å². The number of benzene rings is 2. The van der Waals surface area contributed by atoms with Crippen LogP contribution in [0.1, 0.15) is 36.8 Å². The highest BCUT2D eigenvalue weighted by Crippen LogP contribution is 2.28. The zero-order valence-electron chi connectivity index (χ0n) is 23.5. The normalized spacial score (nSPS) is 14.6. The van der Waals surface area contributed by atoms with E-state index in [2.05, 4.69) is 4.98 Å². The molecule has 2 aromatic carbocycles. The Morgan fingerprint density at radius 3 is 2.32 bits per heavy atom. The van der Waals surface area contributed by atoms with Crippen molar-refractivity contribution in [2.75, 3.05) is 33.3 Å². The predicted octanol–water partition coefficient (Wildman–Crippen LogP) is 4.51. The summed E-state index contributed by atoms with van der Waals surface area (Å²) >= 11 is 0. The van der Waals surface area contributed by atoms with Gasteiger partial charge in [0.2, 0.25) is 10.0 Å². The van der Waals surface area contributed by atoms with Crippen LogP contribution >= 0.6 is 0 Å². The highest BCUT2D eigenvalue weighted by molar-refractivity contribution is 7.89. The first-order valence-corrected chi connectivity index (χ1v) is 15.5. The minimum atomic E-state index is -3.89. The lowest BCUT2D eigenvalue weighted by Crippen LogP contribution is -2.46. The van der Waals surface area contributed by atoms with Crippen molar-refractivity contribution in [3.63, 3.8) is 0 Å². The lowest BCUT2D eigenvalue weighted by atomic mass is 10.1. The number of carbonyl (C=O) groups is 1. The van der Waals surface area contributed by atoms with Crippen LogP contribution in [-0.2, 0) is 27.8 Å². The van der Waals surface area contributed by atoms with Crippen LogP contribution in [0.3, 0.4) is 0 Å². The second kappa shape index (κ2) is 15.0. The molecule has 0 aliphatic heterocycles. The molecule has 0 spiro atoms. The van der Waals surface area contributed by atoms with Crippen molar-refractivity contribution in [2.45, 2.75) is 49.7 Å². The summed E-state index contributed by atoms with van der Waals surface area (Å²) in [5.41, 5.74) is 1.84. The summed E-state index contributed by atoms with van der Waals surface area (Å²) in [6.07, 6.45) is 6.18. The molecule has 1 atom stereocenters. The zero-order valence-corrected chi connectivity index (χ0v) is 24.3. The van der Waals surface area contributed by atoms with Gasteiger partial charge in [-0.2, -0.15) is 4.31 Å². The molecule has 0 saturated heterocycles. The fourth-order valence-electron chi connectivity index (χ4n) is 5.08. The Hall–Kier alpha value is -3.47. The topological polar surface area (TPSA) is 109 Å². The molecule has 10 heteroatoms. The Balaban J connectivity index is 1.48. The van der Waals surface area contributed by atoms with Gasteiger partial charge in [-0.15, -0.1) is 0 Å². The molecule has 1 heterocycles. The first-order chi connectivity index (χ1) is 19.8. The molecule has 1 saturated carbocycles. The third-order valence-electron chi connectivity index (χ3n) is 7.36. The molecule has 1 N–H and O–H groups in total. The fraction of sp³-hybridized carbons (Fsp3) is 0.419. The quantitative estimate of drug-likeness (QED) is 0.298. The number of hydrogen-bond acceptors (Lipinski definition) is 7. The van der Waals surface area contributed by atoms with Gasteiger partial charge in [-0.3, -0.25) is 4.98 Å². The van der Waals surface area contributed by atoms with E-state index < -0.39 is 22.2 Å². The second-order valence-corrected chi connectivity index (χ2v) is 12.3. The van der Waals surface area contributed by atoms with Crippen molar-refractivity contribution in [1.82, 2.24) is 14.2 Å². The maximum absolute atomic E-state index is 13.7. The van der Waals surface area contributed by atoms with Gasteiger partial charge in [0.05, 0.1) is 24.7 Å². The number of amides is 1.